The van der Waals surface area contributed by atoms with Crippen molar-refractivity contribution < 1.29 is 4.79 Å². The molecule has 3 nitrogen and oxygen atoms in total. The van der Waals surface area contributed by atoms with Gasteiger partial charge in [0.25, 0.3) is 0 Å². The van der Waals surface area contributed by atoms with E-state index in [1.807, 2.05) is 6.92 Å². The maximum atomic E-state index is 11.5. The van der Waals surface area contributed by atoms with Crippen molar-refractivity contribution in [3.63, 3.8) is 0 Å². The van der Waals surface area contributed by atoms with Gasteiger partial charge in [0.2, 0.25) is 5.91 Å². The largest absolute Gasteiger partial charge is 0.356 e. The minimum absolute atomic E-state index is 0. The molecule has 0 aromatic heterocycles. The number of carbonyl (C=O) groups is 1. The van der Waals surface area contributed by atoms with Crippen molar-refractivity contribution in [1.82, 2.24) is 5.32 Å². The molecule has 1 atom stereocenters. The molecule has 1 amide bonds. The highest BCUT2D eigenvalue weighted by atomic mass is 35.5. The lowest BCUT2D eigenvalue weighted by atomic mass is 9.89. The van der Waals surface area contributed by atoms with Gasteiger partial charge in [-0.15, -0.1) is 12.4 Å². The summed E-state index contributed by atoms with van der Waals surface area (Å²) in [5.41, 5.74) is 5.96. The maximum Gasteiger partial charge on any atom is 0.220 e. The molecule has 1 aliphatic rings. The van der Waals surface area contributed by atoms with Crippen LogP contribution in [0, 0.1) is 5.41 Å². The van der Waals surface area contributed by atoms with Gasteiger partial charge in [0.15, 0.2) is 0 Å². The molecule has 1 aliphatic carbocycles. The van der Waals surface area contributed by atoms with Gasteiger partial charge in [-0.05, 0) is 31.6 Å². The summed E-state index contributed by atoms with van der Waals surface area (Å²) in [6, 6.07) is 0.123. The van der Waals surface area contributed by atoms with Crippen LogP contribution in [0.2, 0.25) is 0 Å². The molecule has 1 unspecified atom stereocenters. The highest BCUT2D eigenvalue weighted by Gasteiger charge is 2.28. The molecular weight excluding hydrogens is 224 g/mol. The molecule has 96 valence electrons. The minimum atomic E-state index is 0. The second-order valence-corrected chi connectivity index (χ2v) is 5.31. The van der Waals surface area contributed by atoms with Crippen molar-refractivity contribution in [1.29, 1.82) is 0 Å². The number of halogens is 1. The maximum absolute atomic E-state index is 11.5. The van der Waals surface area contributed by atoms with Crippen LogP contribution in [0.4, 0.5) is 0 Å². The minimum Gasteiger partial charge on any atom is -0.356 e. The molecule has 0 heterocycles. The Morgan fingerprint density at radius 1 is 1.44 bits per heavy atom. The van der Waals surface area contributed by atoms with Gasteiger partial charge in [-0.3, -0.25) is 4.79 Å². The Morgan fingerprint density at radius 2 is 2.00 bits per heavy atom. The fourth-order valence-electron chi connectivity index (χ4n) is 2.16. The summed E-state index contributed by atoms with van der Waals surface area (Å²) in [6.07, 6.45) is 6.47. The number of nitrogens with one attached hydrogen (secondary N) is 1. The van der Waals surface area contributed by atoms with Crippen LogP contribution in [0.5, 0.6) is 0 Å². The summed E-state index contributed by atoms with van der Waals surface area (Å²) in [4.78, 5) is 11.5. The molecule has 3 N–H and O–H groups in total. The Bertz CT molecular complexity index is 213. The van der Waals surface area contributed by atoms with Gasteiger partial charge in [-0.25, -0.2) is 0 Å². The third kappa shape index (κ3) is 5.71. The van der Waals surface area contributed by atoms with E-state index in [4.69, 9.17) is 5.73 Å². The van der Waals surface area contributed by atoms with Crippen molar-refractivity contribution in [3.8, 4) is 0 Å². The molecule has 0 aromatic rings. The Balaban J connectivity index is 0.00000225. The van der Waals surface area contributed by atoms with Gasteiger partial charge < -0.3 is 11.1 Å². The molecule has 0 bridgehead atoms. The number of carbonyl (C=O) groups excluding carboxylic acids is 1. The van der Waals surface area contributed by atoms with Crippen molar-refractivity contribution >= 4 is 18.3 Å². The Morgan fingerprint density at radius 3 is 2.50 bits per heavy atom. The lowest BCUT2D eigenvalue weighted by Crippen LogP contribution is -2.34. The van der Waals surface area contributed by atoms with Crippen molar-refractivity contribution in [3.05, 3.63) is 0 Å². The second kappa shape index (κ2) is 7.13. The normalized spacial score (nSPS) is 19.9. The summed E-state index contributed by atoms with van der Waals surface area (Å²) in [6.45, 7) is 5.04. The Kier molecular flexibility index (Phi) is 7.00. The zero-order chi connectivity index (χ0) is 11.3. The van der Waals surface area contributed by atoms with E-state index in [0.29, 0.717) is 11.8 Å². The number of nitrogens with two attached hydrogens (primary N) is 1. The van der Waals surface area contributed by atoms with E-state index in [1.54, 1.807) is 0 Å². The van der Waals surface area contributed by atoms with Crippen molar-refractivity contribution in [2.75, 3.05) is 6.54 Å². The van der Waals surface area contributed by atoms with Gasteiger partial charge in [0.05, 0.1) is 0 Å². The molecule has 0 radical (unpaired) electrons. The van der Waals surface area contributed by atoms with E-state index in [0.717, 1.165) is 13.0 Å². The summed E-state index contributed by atoms with van der Waals surface area (Å²) >= 11 is 0. The third-order valence-electron chi connectivity index (χ3n) is 3.35. The van der Waals surface area contributed by atoms with Crippen LogP contribution in [0.3, 0.4) is 0 Å². The smallest absolute Gasteiger partial charge is 0.220 e. The van der Waals surface area contributed by atoms with E-state index in [2.05, 4.69) is 12.2 Å². The number of rotatable bonds is 5. The van der Waals surface area contributed by atoms with Gasteiger partial charge in [0, 0.05) is 19.0 Å². The van der Waals surface area contributed by atoms with E-state index in [9.17, 15) is 4.79 Å². The van der Waals surface area contributed by atoms with E-state index in [-0.39, 0.29) is 24.4 Å². The molecule has 0 aromatic carbocycles. The number of hydrogen-bond acceptors (Lipinski definition) is 2. The predicted octanol–water partition coefficient (Wildman–Crippen LogP) is 2.23. The molecule has 0 saturated heterocycles. The average molecular weight is 249 g/mol. The van der Waals surface area contributed by atoms with E-state index in [1.165, 1.54) is 25.7 Å². The summed E-state index contributed by atoms with van der Waals surface area (Å²) in [5.74, 6) is 0.153. The van der Waals surface area contributed by atoms with Crippen LogP contribution in [-0.2, 0) is 4.79 Å². The summed E-state index contributed by atoms with van der Waals surface area (Å²) in [7, 11) is 0. The fraction of sp³-hybridized carbons (Fsp3) is 0.917. The zero-order valence-electron chi connectivity index (χ0n) is 10.4. The lowest BCUT2D eigenvalue weighted by molar-refractivity contribution is -0.121. The highest BCUT2D eigenvalue weighted by molar-refractivity contribution is 5.85. The van der Waals surface area contributed by atoms with Gasteiger partial charge in [-0.2, -0.15) is 0 Å². The van der Waals surface area contributed by atoms with Gasteiger partial charge in [0.1, 0.15) is 0 Å². The first kappa shape index (κ1) is 15.7. The molecule has 16 heavy (non-hydrogen) atoms. The zero-order valence-corrected chi connectivity index (χ0v) is 11.2. The molecule has 1 rings (SSSR count). The summed E-state index contributed by atoms with van der Waals surface area (Å²) < 4.78 is 0. The molecule has 0 aliphatic heterocycles. The molecular formula is C12H25ClN2O. The predicted molar refractivity (Wildman–Crippen MR) is 69.7 cm³/mol. The average Bonchev–Trinajstić information content (AvgIpc) is 2.60. The molecule has 1 saturated carbocycles. The van der Waals surface area contributed by atoms with Crippen LogP contribution < -0.4 is 11.1 Å². The Labute approximate surface area is 105 Å². The van der Waals surface area contributed by atoms with Crippen molar-refractivity contribution in [2.45, 2.75) is 58.4 Å². The van der Waals surface area contributed by atoms with Crippen molar-refractivity contribution in [2.24, 2.45) is 11.1 Å². The van der Waals surface area contributed by atoms with Gasteiger partial charge >= 0.3 is 0 Å². The standard InChI is InChI=1S/C12H24N2O.ClH/c1-10(13)5-6-11(15)14-9-12(2)7-3-4-8-12;/h10H,3-9,13H2,1-2H3,(H,14,15);1H. The molecule has 0 spiro atoms. The van der Waals surface area contributed by atoms with E-state index < -0.39 is 0 Å². The quantitative estimate of drug-likeness (QED) is 0.784. The van der Waals surface area contributed by atoms with Gasteiger partial charge in [-0.1, -0.05) is 19.8 Å². The fourth-order valence-corrected chi connectivity index (χ4v) is 2.16. The SMILES string of the molecule is CC(N)CCC(=O)NCC1(C)CCCC1.Cl. The lowest BCUT2D eigenvalue weighted by Gasteiger charge is -2.23. The highest BCUT2D eigenvalue weighted by Crippen LogP contribution is 2.36. The summed E-state index contributed by atoms with van der Waals surface area (Å²) in [5, 5.41) is 3.03. The molecule has 4 heteroatoms. The third-order valence-corrected chi connectivity index (χ3v) is 3.35. The first-order valence-corrected chi connectivity index (χ1v) is 6.04. The second-order valence-electron chi connectivity index (χ2n) is 5.31. The van der Waals surface area contributed by atoms with Crippen LogP contribution >= 0.6 is 12.4 Å². The number of amides is 1. The first-order chi connectivity index (χ1) is 7.02. The van der Waals surface area contributed by atoms with Crippen LogP contribution in [0.25, 0.3) is 0 Å². The van der Waals surface area contributed by atoms with Crippen LogP contribution in [0.15, 0.2) is 0 Å². The first-order valence-electron chi connectivity index (χ1n) is 6.04. The topological polar surface area (TPSA) is 55.1 Å². The van der Waals surface area contributed by atoms with E-state index >= 15 is 0 Å². The van der Waals surface area contributed by atoms with Crippen LogP contribution in [-0.4, -0.2) is 18.5 Å². The van der Waals surface area contributed by atoms with Crippen LogP contribution in [0.1, 0.15) is 52.4 Å². The number of hydrogen-bond donors (Lipinski definition) is 2. The molecule has 1 fully saturated rings. The monoisotopic (exact) mass is 248 g/mol. The Hall–Kier alpha value is -0.280.